The Bertz CT molecular complexity index is 762. The number of nitrogens with zero attached hydrogens (tertiary/aromatic N) is 2. The molecule has 0 bridgehead atoms. The number of aromatic nitrogens is 2. The Kier molecular flexibility index (Phi) is 5.11. The molecule has 1 unspecified atom stereocenters. The zero-order chi connectivity index (χ0) is 17.1. The zero-order valence-corrected chi connectivity index (χ0v) is 15.4. The number of rotatable bonds is 6. The minimum Gasteiger partial charge on any atom is -0.414 e. The molecule has 0 saturated heterocycles. The van der Waals surface area contributed by atoms with Gasteiger partial charge in [0, 0.05) is 5.56 Å². The Balaban J connectivity index is 1.67. The van der Waals surface area contributed by atoms with Crippen LogP contribution in [0, 0.1) is 0 Å². The fraction of sp³-hybridized carbons (Fsp3) is 0.368. The van der Waals surface area contributed by atoms with Gasteiger partial charge in [-0.2, -0.15) is 0 Å². The fourth-order valence-corrected chi connectivity index (χ4v) is 3.26. The molecule has 0 saturated carbocycles. The number of thiophene rings is 1. The van der Waals surface area contributed by atoms with Crippen LogP contribution >= 0.6 is 11.3 Å². The van der Waals surface area contributed by atoms with Gasteiger partial charge in [-0.1, -0.05) is 44.2 Å². The van der Waals surface area contributed by atoms with Crippen molar-refractivity contribution in [2.45, 2.75) is 39.3 Å². The van der Waals surface area contributed by atoms with Gasteiger partial charge in [0.2, 0.25) is 0 Å². The Morgan fingerprint density at radius 3 is 2.46 bits per heavy atom. The lowest BCUT2D eigenvalue weighted by Crippen LogP contribution is -3.07. The van der Waals surface area contributed by atoms with Crippen molar-refractivity contribution >= 4 is 11.3 Å². The maximum atomic E-state index is 5.87. The maximum Gasteiger partial charge on any atom is 0.274 e. The van der Waals surface area contributed by atoms with E-state index in [4.69, 9.17) is 4.42 Å². The summed E-state index contributed by atoms with van der Waals surface area (Å²) in [5.41, 5.74) is 2.70. The standard InChI is InChI=1S/C19H23N3OS/c1-13(2)16-9-7-15(8-10-16)12-22(4)14(3)18-20-21-19(23-18)17-6-5-11-24-17/h5-11,13-14H,12H2,1-4H3/p+1/t14-/m1/s1. The SMILES string of the molecule is CC(C)c1ccc(C[NH+](C)[C@H](C)c2nnc(-c3cccs3)o2)cc1. The smallest absolute Gasteiger partial charge is 0.274 e. The predicted octanol–water partition coefficient (Wildman–Crippen LogP) is 3.70. The molecule has 0 radical (unpaired) electrons. The van der Waals surface area contributed by atoms with E-state index in [2.05, 4.69) is 62.3 Å². The van der Waals surface area contributed by atoms with E-state index >= 15 is 0 Å². The van der Waals surface area contributed by atoms with Gasteiger partial charge in [-0.3, -0.25) is 0 Å². The normalized spacial score (nSPS) is 14.0. The molecule has 126 valence electrons. The average Bonchev–Trinajstić information content (AvgIpc) is 3.25. The second-order valence-corrected chi connectivity index (χ2v) is 7.51. The third kappa shape index (κ3) is 3.74. The van der Waals surface area contributed by atoms with Crippen molar-refractivity contribution < 1.29 is 9.32 Å². The first kappa shape index (κ1) is 16.9. The minimum absolute atomic E-state index is 0.149. The van der Waals surface area contributed by atoms with Gasteiger partial charge in [-0.25, -0.2) is 0 Å². The molecule has 24 heavy (non-hydrogen) atoms. The van der Waals surface area contributed by atoms with Crippen molar-refractivity contribution in [2.24, 2.45) is 0 Å². The van der Waals surface area contributed by atoms with Gasteiger partial charge < -0.3 is 9.32 Å². The summed E-state index contributed by atoms with van der Waals surface area (Å²) >= 11 is 1.61. The van der Waals surface area contributed by atoms with Crippen LogP contribution in [0.5, 0.6) is 0 Å². The number of quaternary nitrogens is 1. The van der Waals surface area contributed by atoms with E-state index in [0.717, 1.165) is 11.4 Å². The van der Waals surface area contributed by atoms with E-state index in [0.29, 0.717) is 17.7 Å². The van der Waals surface area contributed by atoms with Crippen molar-refractivity contribution in [3.05, 3.63) is 58.8 Å². The molecule has 4 nitrogen and oxygen atoms in total. The summed E-state index contributed by atoms with van der Waals surface area (Å²) in [7, 11) is 2.16. The molecule has 3 rings (SSSR count). The molecule has 1 N–H and O–H groups in total. The van der Waals surface area contributed by atoms with E-state index in [1.165, 1.54) is 16.0 Å². The van der Waals surface area contributed by atoms with Crippen LogP contribution < -0.4 is 4.90 Å². The molecule has 1 aromatic carbocycles. The zero-order valence-electron chi connectivity index (χ0n) is 14.6. The maximum absolute atomic E-state index is 5.87. The van der Waals surface area contributed by atoms with Gasteiger partial charge in [-0.05, 0) is 29.9 Å². The molecule has 2 atom stereocenters. The highest BCUT2D eigenvalue weighted by Gasteiger charge is 2.22. The molecular weight excluding hydrogens is 318 g/mol. The van der Waals surface area contributed by atoms with E-state index in [9.17, 15) is 0 Å². The van der Waals surface area contributed by atoms with Crippen LogP contribution in [0.2, 0.25) is 0 Å². The number of benzene rings is 1. The van der Waals surface area contributed by atoms with Crippen LogP contribution in [0.15, 0.2) is 46.2 Å². The summed E-state index contributed by atoms with van der Waals surface area (Å²) in [6, 6.07) is 13.0. The third-order valence-electron chi connectivity index (χ3n) is 4.41. The Labute approximate surface area is 147 Å². The second kappa shape index (κ2) is 7.28. The van der Waals surface area contributed by atoms with Gasteiger partial charge in [0.05, 0.1) is 11.9 Å². The fourth-order valence-electron chi connectivity index (χ4n) is 2.62. The molecule has 2 heterocycles. The Morgan fingerprint density at radius 2 is 1.83 bits per heavy atom. The summed E-state index contributed by atoms with van der Waals surface area (Å²) in [5, 5.41) is 10.4. The average molecular weight is 342 g/mol. The summed E-state index contributed by atoms with van der Waals surface area (Å²) in [6.45, 7) is 7.49. The van der Waals surface area contributed by atoms with Crippen LogP contribution in [0.3, 0.4) is 0 Å². The number of hydrogen-bond donors (Lipinski definition) is 1. The highest BCUT2D eigenvalue weighted by atomic mass is 32.1. The molecule has 0 fully saturated rings. The Morgan fingerprint density at radius 1 is 1.08 bits per heavy atom. The second-order valence-electron chi connectivity index (χ2n) is 6.56. The lowest BCUT2D eigenvalue weighted by molar-refractivity contribution is -0.925. The van der Waals surface area contributed by atoms with Crippen molar-refractivity contribution in [3.63, 3.8) is 0 Å². The molecule has 3 aromatic rings. The number of nitrogens with one attached hydrogen (secondary N) is 1. The van der Waals surface area contributed by atoms with Crippen LogP contribution in [0.1, 0.15) is 49.7 Å². The van der Waals surface area contributed by atoms with E-state index in [1.54, 1.807) is 11.3 Å². The lowest BCUT2D eigenvalue weighted by Gasteiger charge is -2.19. The van der Waals surface area contributed by atoms with E-state index in [-0.39, 0.29) is 6.04 Å². The quantitative estimate of drug-likeness (QED) is 0.743. The van der Waals surface area contributed by atoms with Gasteiger partial charge >= 0.3 is 0 Å². The molecule has 5 heteroatoms. The first-order chi connectivity index (χ1) is 11.5. The lowest BCUT2D eigenvalue weighted by atomic mass is 10.0. The van der Waals surface area contributed by atoms with Gasteiger partial charge in [0.15, 0.2) is 6.04 Å². The molecular formula is C19H24N3OS+. The number of hydrogen-bond acceptors (Lipinski definition) is 4. The Hall–Kier alpha value is -1.98. The minimum atomic E-state index is 0.149. The van der Waals surface area contributed by atoms with Gasteiger partial charge in [0.25, 0.3) is 11.8 Å². The molecule has 0 aliphatic heterocycles. The van der Waals surface area contributed by atoms with Crippen molar-refractivity contribution in [1.29, 1.82) is 0 Å². The van der Waals surface area contributed by atoms with E-state index < -0.39 is 0 Å². The summed E-state index contributed by atoms with van der Waals surface area (Å²) in [6.07, 6.45) is 0. The molecule has 0 aliphatic rings. The summed E-state index contributed by atoms with van der Waals surface area (Å²) in [5.74, 6) is 1.87. The first-order valence-corrected chi connectivity index (χ1v) is 9.21. The van der Waals surface area contributed by atoms with Crippen molar-refractivity contribution in [2.75, 3.05) is 7.05 Å². The van der Waals surface area contributed by atoms with Crippen LogP contribution in [0.4, 0.5) is 0 Å². The molecule has 0 spiro atoms. The summed E-state index contributed by atoms with van der Waals surface area (Å²) in [4.78, 5) is 2.34. The third-order valence-corrected chi connectivity index (χ3v) is 5.27. The monoisotopic (exact) mass is 342 g/mol. The van der Waals surface area contributed by atoms with Crippen LogP contribution in [-0.4, -0.2) is 17.2 Å². The van der Waals surface area contributed by atoms with E-state index in [1.807, 2.05) is 17.5 Å². The highest BCUT2D eigenvalue weighted by Crippen LogP contribution is 2.24. The topological polar surface area (TPSA) is 43.4 Å². The van der Waals surface area contributed by atoms with Crippen LogP contribution in [-0.2, 0) is 6.54 Å². The molecule has 0 aliphatic carbocycles. The first-order valence-electron chi connectivity index (χ1n) is 8.33. The van der Waals surface area contributed by atoms with Gasteiger partial charge in [0.1, 0.15) is 6.54 Å². The van der Waals surface area contributed by atoms with Gasteiger partial charge in [-0.15, -0.1) is 21.5 Å². The molecule has 0 amide bonds. The summed E-state index contributed by atoms with van der Waals surface area (Å²) < 4.78 is 5.87. The van der Waals surface area contributed by atoms with Crippen molar-refractivity contribution in [1.82, 2.24) is 10.2 Å². The van der Waals surface area contributed by atoms with Crippen LogP contribution in [0.25, 0.3) is 10.8 Å². The largest absolute Gasteiger partial charge is 0.414 e. The predicted molar refractivity (Wildman–Crippen MR) is 97.1 cm³/mol. The van der Waals surface area contributed by atoms with Crippen molar-refractivity contribution in [3.8, 4) is 10.8 Å². The molecule has 2 aromatic heterocycles. The highest BCUT2D eigenvalue weighted by molar-refractivity contribution is 7.13.